The van der Waals surface area contributed by atoms with Crippen molar-refractivity contribution in [3.8, 4) is 0 Å². The van der Waals surface area contributed by atoms with Crippen LogP contribution in [0, 0.1) is 17.2 Å². The van der Waals surface area contributed by atoms with E-state index in [1.165, 1.54) is 12.1 Å². The summed E-state index contributed by atoms with van der Waals surface area (Å²) in [6, 6.07) is 11.3. The Morgan fingerprint density at radius 1 is 1.19 bits per heavy atom. The van der Waals surface area contributed by atoms with Crippen LogP contribution in [0.5, 0.6) is 0 Å². The second kappa shape index (κ2) is 12.9. The van der Waals surface area contributed by atoms with Crippen molar-refractivity contribution in [2.75, 3.05) is 0 Å². The smallest absolute Gasteiger partial charge is 0.347 e. The first kappa shape index (κ1) is 32.3. The van der Waals surface area contributed by atoms with Gasteiger partial charge in [-0.3, -0.25) is 25.0 Å². The Morgan fingerprint density at radius 3 is 2.45 bits per heavy atom. The second-order valence-corrected chi connectivity index (χ2v) is 12.3. The van der Waals surface area contributed by atoms with Crippen molar-refractivity contribution in [2.24, 2.45) is 16.3 Å². The van der Waals surface area contributed by atoms with Crippen LogP contribution in [0.2, 0.25) is 5.02 Å². The fourth-order valence-electron chi connectivity index (χ4n) is 6.09. The van der Waals surface area contributed by atoms with E-state index < -0.39 is 11.5 Å². The number of amides is 2. The summed E-state index contributed by atoms with van der Waals surface area (Å²) in [6.45, 7) is 8.95. The Kier molecular flexibility index (Phi) is 9.92. The summed E-state index contributed by atoms with van der Waals surface area (Å²) in [4.78, 5) is 33.9. The number of aliphatic imine (C=N–C) groups is 1. The van der Waals surface area contributed by atoms with Crippen LogP contribution >= 0.6 is 11.6 Å². The molecule has 1 aliphatic heterocycles. The van der Waals surface area contributed by atoms with Gasteiger partial charge in [0.1, 0.15) is 17.2 Å². The van der Waals surface area contributed by atoms with Crippen molar-refractivity contribution < 1.29 is 43.5 Å². The summed E-state index contributed by atoms with van der Waals surface area (Å²) in [5.41, 5.74) is 1.68. The number of carbonyl (C=O) groups is 2. The minimum absolute atomic E-state index is 0. The van der Waals surface area contributed by atoms with Gasteiger partial charge in [0, 0.05) is 11.1 Å². The van der Waals surface area contributed by atoms with Gasteiger partial charge in [0.15, 0.2) is 0 Å². The van der Waals surface area contributed by atoms with Crippen LogP contribution in [0.15, 0.2) is 47.5 Å². The molecule has 2 amide bonds. The predicted octanol–water partition coefficient (Wildman–Crippen LogP) is 2.27. The maximum absolute atomic E-state index is 14.2. The minimum atomic E-state index is -0.701. The molecule has 1 saturated carbocycles. The molecule has 2 aromatic carbocycles. The molecule has 42 heavy (non-hydrogen) atoms. The fraction of sp³-hybridized carbons (Fsp3) is 0.467. The van der Waals surface area contributed by atoms with Gasteiger partial charge in [-0.25, -0.2) is 9.49 Å². The van der Waals surface area contributed by atoms with E-state index in [9.17, 15) is 14.0 Å². The molecule has 0 bridgehead atoms. The van der Waals surface area contributed by atoms with Gasteiger partial charge >= 0.3 is 29.6 Å². The summed E-state index contributed by atoms with van der Waals surface area (Å²) >= 11 is 6.10. The molecular weight excluding hydrogens is 568 g/mol. The molecule has 1 N–H and O–H groups in total. The molecule has 5 rings (SSSR count). The van der Waals surface area contributed by atoms with Crippen molar-refractivity contribution in [3.05, 3.63) is 75.8 Å². The third kappa shape index (κ3) is 6.46. The molecule has 216 valence electrons. The number of carbonyl (C=O) groups excluding carboxylic acids is 2. The summed E-state index contributed by atoms with van der Waals surface area (Å²) in [7, 11) is 0. The maximum Gasteiger partial charge on any atom is 1.00 e. The molecule has 1 spiro atoms. The predicted molar refractivity (Wildman–Crippen MR) is 153 cm³/mol. The zero-order valence-corrected chi connectivity index (χ0v) is 27.5. The number of tetrazole rings is 1. The van der Waals surface area contributed by atoms with Crippen LogP contribution in [-0.2, 0) is 11.3 Å². The summed E-state index contributed by atoms with van der Waals surface area (Å²) in [5, 5.41) is 17.0. The second-order valence-electron chi connectivity index (χ2n) is 11.9. The third-order valence-corrected chi connectivity index (χ3v) is 8.71. The Hall–Kier alpha value is -2.66. The van der Waals surface area contributed by atoms with Gasteiger partial charge in [-0.2, -0.15) is 0 Å². The van der Waals surface area contributed by atoms with Crippen LogP contribution < -0.4 is 40.1 Å². The normalized spacial score (nSPS) is 21.2. The van der Waals surface area contributed by atoms with E-state index in [0.29, 0.717) is 35.0 Å². The zero-order chi connectivity index (χ0) is 29.4. The molecule has 0 unspecified atom stereocenters. The fourth-order valence-corrected chi connectivity index (χ4v) is 6.27. The van der Waals surface area contributed by atoms with Crippen LogP contribution in [0.25, 0.3) is 0 Å². The first-order chi connectivity index (χ1) is 19.5. The van der Waals surface area contributed by atoms with Crippen LogP contribution in [0.3, 0.4) is 0 Å². The van der Waals surface area contributed by atoms with Crippen LogP contribution in [0.1, 0.15) is 93.2 Å². The van der Waals surface area contributed by atoms with Crippen LogP contribution in [-0.4, -0.2) is 43.5 Å². The van der Waals surface area contributed by atoms with Crippen molar-refractivity contribution in [2.45, 2.75) is 78.0 Å². The molecule has 1 fully saturated rings. The summed E-state index contributed by atoms with van der Waals surface area (Å²) < 4.78 is 14.0. The van der Waals surface area contributed by atoms with Gasteiger partial charge in [-0.1, -0.05) is 51.4 Å². The molecule has 1 aromatic heterocycles. The molecule has 2 heterocycles. The first-order valence-electron chi connectivity index (χ1n) is 14.0. The van der Waals surface area contributed by atoms with Crippen molar-refractivity contribution in [1.29, 1.82) is 0 Å². The van der Waals surface area contributed by atoms with E-state index in [4.69, 9.17) is 16.6 Å². The molecular formula is C30H34ClFN7NaO2. The Bertz CT molecular complexity index is 1450. The molecule has 1 aliphatic carbocycles. The number of nitrogens with one attached hydrogen (secondary N) is 1. The Morgan fingerprint density at radius 2 is 1.88 bits per heavy atom. The van der Waals surface area contributed by atoms with E-state index in [-0.39, 0.29) is 64.4 Å². The quantitative estimate of drug-likeness (QED) is 0.416. The molecule has 0 radical (unpaired) electrons. The molecule has 1 atom stereocenters. The number of hydrogen-bond donors (Lipinski definition) is 1. The average molecular weight is 602 g/mol. The van der Waals surface area contributed by atoms with Crippen molar-refractivity contribution in [3.63, 3.8) is 0 Å². The summed E-state index contributed by atoms with van der Waals surface area (Å²) in [6.07, 6.45) is 4.03. The molecule has 3 aromatic rings. The third-order valence-electron chi connectivity index (χ3n) is 8.42. The van der Waals surface area contributed by atoms with Crippen LogP contribution in [0.4, 0.5) is 4.39 Å². The minimum Gasteiger partial charge on any atom is -0.347 e. The first-order valence-corrected chi connectivity index (χ1v) is 14.3. The molecule has 0 saturated heterocycles. The van der Waals surface area contributed by atoms with E-state index in [1.54, 1.807) is 18.2 Å². The Balaban J connectivity index is 0.00000405. The van der Waals surface area contributed by atoms with E-state index in [0.717, 1.165) is 31.2 Å². The van der Waals surface area contributed by atoms with Gasteiger partial charge in [-0.15, -0.1) is 0 Å². The number of hydrogen-bond acceptors (Lipinski definition) is 6. The molecule has 9 nitrogen and oxygen atoms in total. The number of benzene rings is 2. The largest absolute Gasteiger partial charge is 1.00 e. The number of rotatable bonds is 7. The maximum atomic E-state index is 14.2. The topological polar surface area (TPSA) is 115 Å². The molecule has 12 heteroatoms. The van der Waals surface area contributed by atoms with E-state index in [2.05, 4.69) is 46.7 Å². The van der Waals surface area contributed by atoms with Crippen molar-refractivity contribution >= 4 is 29.1 Å². The Labute approximate surface area is 272 Å². The van der Waals surface area contributed by atoms with E-state index >= 15 is 0 Å². The average Bonchev–Trinajstić information content (AvgIpc) is 3.57. The zero-order valence-electron chi connectivity index (χ0n) is 24.7. The van der Waals surface area contributed by atoms with Crippen molar-refractivity contribution in [1.82, 2.24) is 30.8 Å². The number of nitrogens with zero attached hydrogens (tertiary/aromatic N) is 6. The standard InChI is InChI=1S/C30H35ClFN7O2.Na/c1-5-24(18-6-8-19(9-7-18)27(40)33-17-25-35-37-38-36-25)39-28(41)26(20-10-11-23(32)22(31)16-20)34-30(39)14-12-21(13-15-30)29(2,3)4;/h6-11,16,21,24H,5,12-15,17H2,1-4H3,(H2,33,35,36,37,38,40);/q;+1/p-1/t21?,24-,30?;/m1./s1. The molecule has 2 aliphatic rings. The monoisotopic (exact) mass is 601 g/mol. The van der Waals surface area contributed by atoms with Gasteiger partial charge in [0.25, 0.3) is 11.8 Å². The van der Waals surface area contributed by atoms with E-state index in [1.807, 2.05) is 24.0 Å². The SMILES string of the molecule is CC[C@H](c1ccc(C(=O)NCc2nn[n-]n2)cc1)N1C(=O)C(c2ccc(F)c(Cl)c2)=NC12CCC(C(C)(C)C)CC2.[Na+]. The number of halogens is 2. The van der Waals surface area contributed by atoms with Gasteiger partial charge in [-0.05, 0) is 79.3 Å². The number of aromatic nitrogens is 4. The summed E-state index contributed by atoms with van der Waals surface area (Å²) in [5.74, 6) is -0.147. The van der Waals surface area contributed by atoms with Gasteiger partial charge in [0.2, 0.25) is 0 Å². The van der Waals surface area contributed by atoms with Gasteiger partial charge in [0.05, 0.1) is 23.4 Å². The van der Waals surface area contributed by atoms with Gasteiger partial charge < -0.3 is 15.3 Å².